The minimum Gasteiger partial charge on any atom is -0.426 e. The minimum absolute atomic E-state index is 0.0634. The zero-order chi connectivity index (χ0) is 25.2. The van der Waals surface area contributed by atoms with Gasteiger partial charge in [-0.3, -0.25) is 14.5 Å². The molecular formula is C26H16ClNO5S3. The zero-order valence-corrected chi connectivity index (χ0v) is 21.6. The number of rotatable bonds is 6. The lowest BCUT2D eigenvalue weighted by Crippen LogP contribution is -2.31. The Labute approximate surface area is 224 Å². The van der Waals surface area contributed by atoms with Crippen molar-refractivity contribution in [3.05, 3.63) is 92.0 Å². The van der Waals surface area contributed by atoms with E-state index < -0.39 is 10.9 Å². The number of amides is 1. The molecule has 0 aliphatic carbocycles. The summed E-state index contributed by atoms with van der Waals surface area (Å²) in [6.45, 7) is 0.0916. The summed E-state index contributed by atoms with van der Waals surface area (Å²) >= 11 is 13.8. The molecule has 3 aromatic carbocycles. The highest BCUT2D eigenvalue weighted by Crippen LogP contribution is 2.38. The van der Waals surface area contributed by atoms with Crippen molar-refractivity contribution in [1.29, 1.82) is 0 Å². The summed E-state index contributed by atoms with van der Waals surface area (Å²) in [5, 5.41) is 0.467. The van der Waals surface area contributed by atoms with Crippen LogP contribution in [0.15, 0.2) is 80.8 Å². The van der Waals surface area contributed by atoms with Crippen LogP contribution in [0.25, 0.3) is 27.5 Å². The number of esters is 1. The van der Waals surface area contributed by atoms with E-state index in [1.807, 2.05) is 36.4 Å². The van der Waals surface area contributed by atoms with Gasteiger partial charge in [0.2, 0.25) is 0 Å². The first-order valence-corrected chi connectivity index (χ1v) is 13.1. The van der Waals surface area contributed by atoms with Gasteiger partial charge in [0.25, 0.3) is 5.91 Å². The highest BCUT2D eigenvalue weighted by molar-refractivity contribution is 8.26. The molecule has 6 nitrogen and oxygen atoms in total. The highest BCUT2D eigenvalue weighted by Gasteiger charge is 2.32. The fourth-order valence-electron chi connectivity index (χ4n) is 3.67. The Kier molecular flexibility index (Phi) is 7.06. The number of ether oxygens (including phenoxy) is 1. The van der Waals surface area contributed by atoms with Crippen LogP contribution < -0.4 is 9.68 Å². The molecule has 0 spiro atoms. The second-order valence-corrected chi connectivity index (χ2v) is 10.8. The van der Waals surface area contributed by atoms with Crippen LogP contribution in [-0.4, -0.2) is 27.6 Å². The summed E-state index contributed by atoms with van der Waals surface area (Å²) < 4.78 is 11.8. The molecule has 1 saturated heterocycles. The fourth-order valence-corrected chi connectivity index (χ4v) is 5.94. The van der Waals surface area contributed by atoms with E-state index in [0.717, 1.165) is 16.9 Å². The molecule has 5 rings (SSSR count). The molecule has 4 aromatic rings. The number of carbonyl (C=O) groups excluding carboxylic acids is 2. The first kappa shape index (κ1) is 24.5. The first-order chi connectivity index (χ1) is 17.4. The van der Waals surface area contributed by atoms with Gasteiger partial charge in [0.15, 0.2) is 5.58 Å². The standard InChI is InChI=1S/C26H16ClNO5S3/c27-19-9-5-4-8-17(19)18-13-16(14-20-23(18)33-26(31)36-20)32-22(29)10-11-28-24(30)21(35-25(28)34)12-15-6-2-1-3-7-15/h1-9,12-14H,10-11H2. The number of hydrogen-bond acceptors (Lipinski definition) is 8. The number of halogens is 1. The molecule has 1 fully saturated rings. The summed E-state index contributed by atoms with van der Waals surface area (Å²) in [5.41, 5.74) is 2.46. The van der Waals surface area contributed by atoms with Gasteiger partial charge in [0.05, 0.1) is 16.0 Å². The first-order valence-electron chi connectivity index (χ1n) is 10.7. The van der Waals surface area contributed by atoms with Gasteiger partial charge in [0, 0.05) is 28.8 Å². The fraction of sp³-hybridized carbons (Fsp3) is 0.0769. The van der Waals surface area contributed by atoms with E-state index in [-0.39, 0.29) is 24.6 Å². The zero-order valence-electron chi connectivity index (χ0n) is 18.4. The second-order valence-electron chi connectivity index (χ2n) is 7.70. The van der Waals surface area contributed by atoms with E-state index in [1.54, 1.807) is 36.4 Å². The Bertz CT molecular complexity index is 1590. The van der Waals surface area contributed by atoms with Crippen molar-refractivity contribution in [2.45, 2.75) is 6.42 Å². The Morgan fingerprint density at radius 3 is 2.58 bits per heavy atom. The predicted octanol–water partition coefficient (Wildman–Crippen LogP) is 6.37. The minimum atomic E-state index is -0.545. The van der Waals surface area contributed by atoms with Gasteiger partial charge in [-0.25, -0.2) is 4.79 Å². The monoisotopic (exact) mass is 553 g/mol. The average molecular weight is 554 g/mol. The van der Waals surface area contributed by atoms with E-state index in [1.165, 1.54) is 16.7 Å². The summed E-state index contributed by atoms with van der Waals surface area (Å²) in [6, 6.07) is 19.8. The lowest BCUT2D eigenvalue weighted by atomic mass is 10.0. The van der Waals surface area contributed by atoms with Crippen LogP contribution in [0.2, 0.25) is 5.02 Å². The van der Waals surface area contributed by atoms with Crippen molar-refractivity contribution in [1.82, 2.24) is 4.90 Å². The molecule has 0 bridgehead atoms. The van der Waals surface area contributed by atoms with Gasteiger partial charge in [-0.15, -0.1) is 0 Å². The second kappa shape index (κ2) is 10.4. The quantitative estimate of drug-likeness (QED) is 0.119. The number of hydrogen-bond donors (Lipinski definition) is 0. The predicted molar refractivity (Wildman–Crippen MR) is 147 cm³/mol. The van der Waals surface area contributed by atoms with Crippen LogP contribution in [-0.2, 0) is 9.59 Å². The van der Waals surface area contributed by atoms with Gasteiger partial charge < -0.3 is 9.15 Å². The van der Waals surface area contributed by atoms with Gasteiger partial charge in [0.1, 0.15) is 10.1 Å². The molecule has 1 aliphatic heterocycles. The Hall–Kier alpha value is -3.24. The van der Waals surface area contributed by atoms with Crippen LogP contribution in [0.3, 0.4) is 0 Å². The molecule has 1 aliphatic rings. The molecule has 0 unspecified atom stereocenters. The largest absolute Gasteiger partial charge is 0.426 e. The van der Waals surface area contributed by atoms with Crippen molar-refractivity contribution < 1.29 is 18.7 Å². The molecule has 0 N–H and O–H groups in total. The number of benzene rings is 3. The summed E-state index contributed by atoms with van der Waals surface area (Å²) in [7, 11) is 0. The maximum Gasteiger partial charge on any atom is 0.396 e. The summed E-state index contributed by atoms with van der Waals surface area (Å²) in [5.74, 6) is -0.544. The number of thiocarbonyl (C=S) groups is 1. The Morgan fingerprint density at radius 2 is 1.81 bits per heavy atom. The van der Waals surface area contributed by atoms with E-state index >= 15 is 0 Å². The maximum absolute atomic E-state index is 12.8. The third-order valence-electron chi connectivity index (χ3n) is 5.31. The van der Waals surface area contributed by atoms with Crippen LogP contribution in [0.5, 0.6) is 5.75 Å². The summed E-state index contributed by atoms with van der Waals surface area (Å²) in [6.07, 6.45) is 1.71. The third-order valence-corrected chi connectivity index (χ3v) is 7.79. The van der Waals surface area contributed by atoms with Crippen molar-refractivity contribution in [2.75, 3.05) is 6.54 Å². The van der Waals surface area contributed by atoms with Crippen LogP contribution in [0.4, 0.5) is 0 Å². The normalized spacial score (nSPS) is 14.7. The Balaban J connectivity index is 1.32. The van der Waals surface area contributed by atoms with Gasteiger partial charge in [-0.05, 0) is 23.8 Å². The van der Waals surface area contributed by atoms with Gasteiger partial charge in [-0.1, -0.05) is 95.4 Å². The molecular weight excluding hydrogens is 538 g/mol. The van der Waals surface area contributed by atoms with Gasteiger partial charge >= 0.3 is 10.9 Å². The van der Waals surface area contributed by atoms with Crippen molar-refractivity contribution in [3.63, 3.8) is 0 Å². The number of fused-ring (bicyclic) bond motifs is 1. The van der Waals surface area contributed by atoms with E-state index in [2.05, 4.69) is 0 Å². The molecule has 10 heteroatoms. The van der Waals surface area contributed by atoms with Crippen LogP contribution >= 0.6 is 46.9 Å². The lowest BCUT2D eigenvalue weighted by Gasteiger charge is -2.14. The molecule has 180 valence electrons. The SMILES string of the molecule is O=C(CCN1C(=O)C(=Cc2ccccc2)SC1=S)Oc1cc(-c2ccccc2Cl)c2oc(=O)sc2c1. The van der Waals surface area contributed by atoms with Gasteiger partial charge in [-0.2, -0.15) is 0 Å². The molecule has 2 heterocycles. The lowest BCUT2D eigenvalue weighted by molar-refractivity contribution is -0.134. The molecule has 0 radical (unpaired) electrons. The molecule has 0 atom stereocenters. The summed E-state index contributed by atoms with van der Waals surface area (Å²) in [4.78, 5) is 38.8. The van der Waals surface area contributed by atoms with E-state index in [4.69, 9.17) is 33.0 Å². The third kappa shape index (κ3) is 5.15. The van der Waals surface area contributed by atoms with Crippen molar-refractivity contribution in [2.24, 2.45) is 0 Å². The molecule has 36 heavy (non-hydrogen) atoms. The molecule has 1 amide bonds. The average Bonchev–Trinajstić information content (AvgIpc) is 3.36. The van der Waals surface area contributed by atoms with Crippen molar-refractivity contribution in [3.8, 4) is 16.9 Å². The maximum atomic E-state index is 12.8. The van der Waals surface area contributed by atoms with E-state index in [9.17, 15) is 14.4 Å². The number of nitrogens with zero attached hydrogens (tertiary/aromatic N) is 1. The van der Waals surface area contributed by atoms with Crippen LogP contribution in [0.1, 0.15) is 12.0 Å². The number of carbonyl (C=O) groups is 2. The van der Waals surface area contributed by atoms with Crippen molar-refractivity contribution >= 4 is 79.5 Å². The Morgan fingerprint density at radius 1 is 1.06 bits per heavy atom. The smallest absolute Gasteiger partial charge is 0.396 e. The molecule has 0 saturated carbocycles. The number of thioether (sulfide) groups is 1. The van der Waals surface area contributed by atoms with Crippen LogP contribution in [0, 0.1) is 0 Å². The highest BCUT2D eigenvalue weighted by atomic mass is 35.5. The van der Waals surface area contributed by atoms with E-state index in [0.29, 0.717) is 35.7 Å². The molecule has 1 aromatic heterocycles. The topological polar surface area (TPSA) is 76.8 Å².